The number of nitrogens with one attached hydrogen (secondary N) is 1. The molecule has 3 rings (SSSR count). The number of hydrogen-bond donors (Lipinski definition) is 1. The number of amides is 1. The Morgan fingerprint density at radius 3 is 2.52 bits per heavy atom. The lowest BCUT2D eigenvalue weighted by Gasteiger charge is -2.14. The first-order valence-corrected chi connectivity index (χ1v) is 9.02. The average molecular weight is 389 g/mol. The third-order valence-electron chi connectivity index (χ3n) is 3.93. The highest BCUT2D eigenvalue weighted by Gasteiger charge is 2.21. The Labute approximate surface area is 159 Å². The first kappa shape index (κ1) is 19.0. The molecule has 1 amide bonds. The van der Waals surface area contributed by atoms with E-state index in [9.17, 15) is 13.6 Å². The standard InChI is InChI=1S/C18H17F2N5OS/c1-10-5-4-6-11(2)16(10)25-18(22-23-24-25)27-12(3)17(26)21-13-7-8-14(19)15(20)9-13/h4-9,12H,1-3H3,(H,21,26)/t12-/m0/s1. The van der Waals surface area contributed by atoms with Gasteiger partial charge in [-0.3, -0.25) is 4.79 Å². The van der Waals surface area contributed by atoms with Crippen LogP contribution in [0.2, 0.25) is 0 Å². The van der Waals surface area contributed by atoms with Crippen LogP contribution in [0.25, 0.3) is 5.69 Å². The fraction of sp³-hybridized carbons (Fsp3) is 0.222. The lowest BCUT2D eigenvalue weighted by Crippen LogP contribution is -2.23. The second-order valence-corrected chi connectivity index (χ2v) is 7.30. The van der Waals surface area contributed by atoms with Gasteiger partial charge in [0.1, 0.15) is 0 Å². The van der Waals surface area contributed by atoms with E-state index in [1.807, 2.05) is 32.0 Å². The van der Waals surface area contributed by atoms with Crippen LogP contribution in [-0.4, -0.2) is 31.4 Å². The van der Waals surface area contributed by atoms with Crippen molar-refractivity contribution in [2.45, 2.75) is 31.2 Å². The number of benzene rings is 2. The third kappa shape index (κ3) is 4.13. The van der Waals surface area contributed by atoms with Crippen LogP contribution in [0.4, 0.5) is 14.5 Å². The predicted molar refractivity (Wildman–Crippen MR) is 98.9 cm³/mol. The van der Waals surface area contributed by atoms with Crippen LogP contribution in [0.3, 0.4) is 0 Å². The third-order valence-corrected chi connectivity index (χ3v) is 4.96. The van der Waals surface area contributed by atoms with Gasteiger partial charge in [0, 0.05) is 11.8 Å². The largest absolute Gasteiger partial charge is 0.325 e. The summed E-state index contributed by atoms with van der Waals surface area (Å²) in [5, 5.41) is 14.2. The number of thioether (sulfide) groups is 1. The Morgan fingerprint density at radius 2 is 1.85 bits per heavy atom. The van der Waals surface area contributed by atoms with E-state index < -0.39 is 16.9 Å². The van der Waals surface area contributed by atoms with Crippen molar-refractivity contribution >= 4 is 23.4 Å². The van der Waals surface area contributed by atoms with Crippen molar-refractivity contribution in [3.8, 4) is 5.69 Å². The average Bonchev–Trinajstić information content (AvgIpc) is 3.06. The maximum Gasteiger partial charge on any atom is 0.237 e. The molecule has 0 fully saturated rings. The molecule has 1 atom stereocenters. The van der Waals surface area contributed by atoms with E-state index in [-0.39, 0.29) is 11.6 Å². The summed E-state index contributed by atoms with van der Waals surface area (Å²) in [4.78, 5) is 12.4. The molecule has 1 aromatic heterocycles. The lowest BCUT2D eigenvalue weighted by atomic mass is 10.1. The number of aryl methyl sites for hydroxylation is 2. The molecule has 0 saturated heterocycles. The minimum absolute atomic E-state index is 0.181. The fourth-order valence-electron chi connectivity index (χ4n) is 2.56. The second kappa shape index (κ2) is 7.83. The molecule has 2 aromatic carbocycles. The molecule has 0 unspecified atom stereocenters. The summed E-state index contributed by atoms with van der Waals surface area (Å²) >= 11 is 1.17. The number of halogens is 2. The number of carbonyl (C=O) groups is 1. The van der Waals surface area contributed by atoms with E-state index in [1.165, 1.54) is 17.8 Å². The van der Waals surface area contributed by atoms with Gasteiger partial charge in [0.25, 0.3) is 0 Å². The first-order valence-electron chi connectivity index (χ1n) is 8.14. The SMILES string of the molecule is Cc1cccc(C)c1-n1nnnc1S[C@@H](C)C(=O)Nc1ccc(F)c(F)c1. The van der Waals surface area contributed by atoms with Crippen molar-refractivity contribution in [1.29, 1.82) is 0 Å². The Kier molecular flexibility index (Phi) is 5.50. The molecule has 0 saturated carbocycles. The van der Waals surface area contributed by atoms with E-state index in [0.717, 1.165) is 28.9 Å². The first-order chi connectivity index (χ1) is 12.9. The van der Waals surface area contributed by atoms with Crippen molar-refractivity contribution in [2.75, 3.05) is 5.32 Å². The number of rotatable bonds is 5. The summed E-state index contributed by atoms with van der Waals surface area (Å²) in [6, 6.07) is 9.06. The molecule has 1 N–H and O–H groups in total. The van der Waals surface area contributed by atoms with E-state index in [4.69, 9.17) is 0 Å². The number of nitrogens with zero attached hydrogens (tertiary/aromatic N) is 4. The van der Waals surface area contributed by atoms with Gasteiger partial charge in [-0.05, 0) is 54.5 Å². The number of hydrogen-bond acceptors (Lipinski definition) is 5. The van der Waals surface area contributed by atoms with Crippen LogP contribution in [0.5, 0.6) is 0 Å². The van der Waals surface area contributed by atoms with Gasteiger partial charge in [-0.15, -0.1) is 5.10 Å². The van der Waals surface area contributed by atoms with Crippen LogP contribution in [0.15, 0.2) is 41.6 Å². The van der Waals surface area contributed by atoms with Gasteiger partial charge in [-0.2, -0.15) is 4.68 Å². The number of aromatic nitrogens is 4. The van der Waals surface area contributed by atoms with Crippen molar-refractivity contribution in [1.82, 2.24) is 20.2 Å². The predicted octanol–water partition coefficient (Wildman–Crippen LogP) is 3.68. The molecule has 0 radical (unpaired) electrons. The molecule has 0 aliphatic heterocycles. The van der Waals surface area contributed by atoms with Crippen molar-refractivity contribution < 1.29 is 13.6 Å². The number of anilines is 1. The molecule has 0 bridgehead atoms. The van der Waals surface area contributed by atoms with Crippen molar-refractivity contribution in [3.05, 3.63) is 59.2 Å². The number of carbonyl (C=O) groups excluding carboxylic acids is 1. The lowest BCUT2D eigenvalue weighted by molar-refractivity contribution is -0.115. The molecule has 140 valence electrons. The Balaban J connectivity index is 1.77. The molecule has 0 spiro atoms. The zero-order valence-corrected chi connectivity index (χ0v) is 15.7. The van der Waals surface area contributed by atoms with Crippen LogP contribution in [0, 0.1) is 25.5 Å². The summed E-state index contributed by atoms with van der Waals surface area (Å²) in [5.74, 6) is -2.36. The Morgan fingerprint density at radius 1 is 1.15 bits per heavy atom. The van der Waals surface area contributed by atoms with Gasteiger partial charge < -0.3 is 5.32 Å². The normalized spacial score (nSPS) is 12.0. The van der Waals surface area contributed by atoms with Crippen molar-refractivity contribution in [3.63, 3.8) is 0 Å². The van der Waals surface area contributed by atoms with E-state index in [1.54, 1.807) is 11.6 Å². The van der Waals surface area contributed by atoms with Gasteiger partial charge in [-0.1, -0.05) is 30.0 Å². The molecular weight excluding hydrogens is 372 g/mol. The Bertz CT molecular complexity index is 971. The monoisotopic (exact) mass is 389 g/mol. The second-order valence-electron chi connectivity index (χ2n) is 5.99. The molecule has 9 heteroatoms. The smallest absolute Gasteiger partial charge is 0.237 e. The minimum Gasteiger partial charge on any atom is -0.325 e. The van der Waals surface area contributed by atoms with E-state index >= 15 is 0 Å². The topological polar surface area (TPSA) is 72.7 Å². The molecule has 3 aromatic rings. The van der Waals surface area contributed by atoms with Crippen molar-refractivity contribution in [2.24, 2.45) is 0 Å². The fourth-order valence-corrected chi connectivity index (χ4v) is 3.36. The molecule has 1 heterocycles. The van der Waals surface area contributed by atoms with Crippen LogP contribution in [-0.2, 0) is 4.79 Å². The molecule has 0 aliphatic rings. The highest BCUT2D eigenvalue weighted by Crippen LogP contribution is 2.27. The Hall–Kier alpha value is -2.81. The van der Waals surface area contributed by atoms with Gasteiger partial charge in [-0.25, -0.2) is 8.78 Å². The van der Waals surface area contributed by atoms with Gasteiger partial charge >= 0.3 is 0 Å². The molecular formula is C18H17F2N5OS. The highest BCUT2D eigenvalue weighted by atomic mass is 32.2. The minimum atomic E-state index is -1.02. The summed E-state index contributed by atoms with van der Waals surface area (Å²) in [7, 11) is 0. The molecule has 27 heavy (non-hydrogen) atoms. The highest BCUT2D eigenvalue weighted by molar-refractivity contribution is 8.00. The summed E-state index contributed by atoms with van der Waals surface area (Å²) < 4.78 is 27.9. The summed E-state index contributed by atoms with van der Waals surface area (Å²) in [6.45, 7) is 5.60. The molecule has 6 nitrogen and oxygen atoms in total. The van der Waals surface area contributed by atoms with Crippen LogP contribution < -0.4 is 5.32 Å². The zero-order valence-electron chi connectivity index (χ0n) is 14.9. The van der Waals surface area contributed by atoms with E-state index in [2.05, 4.69) is 20.8 Å². The summed E-state index contributed by atoms with van der Waals surface area (Å²) in [5.41, 5.74) is 3.05. The maximum absolute atomic E-state index is 13.3. The number of para-hydroxylation sites is 1. The van der Waals surface area contributed by atoms with Gasteiger partial charge in [0.2, 0.25) is 11.1 Å². The van der Waals surface area contributed by atoms with Crippen LogP contribution >= 0.6 is 11.8 Å². The molecule has 0 aliphatic carbocycles. The summed E-state index contributed by atoms with van der Waals surface area (Å²) in [6.07, 6.45) is 0. The van der Waals surface area contributed by atoms with Gasteiger partial charge in [0.05, 0.1) is 10.9 Å². The zero-order chi connectivity index (χ0) is 19.6. The quantitative estimate of drug-likeness (QED) is 0.674. The maximum atomic E-state index is 13.3. The van der Waals surface area contributed by atoms with E-state index in [0.29, 0.717) is 5.16 Å². The van der Waals surface area contributed by atoms with Crippen LogP contribution in [0.1, 0.15) is 18.1 Å². The number of tetrazole rings is 1. The van der Waals surface area contributed by atoms with Gasteiger partial charge in [0.15, 0.2) is 11.6 Å².